The van der Waals surface area contributed by atoms with Crippen LogP contribution >= 0.6 is 15.9 Å². The van der Waals surface area contributed by atoms with Gasteiger partial charge in [0.15, 0.2) is 0 Å². The van der Waals surface area contributed by atoms with Gasteiger partial charge in [0.1, 0.15) is 0 Å². The maximum Gasteiger partial charge on any atom is 0.255 e. The van der Waals surface area contributed by atoms with Crippen molar-refractivity contribution in [3.8, 4) is 0 Å². The maximum atomic E-state index is 12.1. The number of halogens is 1. The van der Waals surface area contributed by atoms with E-state index in [1.807, 2.05) is 49.4 Å². The van der Waals surface area contributed by atoms with E-state index < -0.39 is 0 Å². The number of carbonyl (C=O) groups excluding carboxylic acids is 1. The SMILES string of the molecule is Cc1ccc(NC(=O)c2ccc(CBr)cc2)cc1C. The molecular weight excluding hydrogens is 302 g/mol. The summed E-state index contributed by atoms with van der Waals surface area (Å²) in [6, 6.07) is 13.5. The van der Waals surface area contributed by atoms with Crippen molar-refractivity contribution < 1.29 is 4.79 Å². The van der Waals surface area contributed by atoms with Crippen LogP contribution in [0.2, 0.25) is 0 Å². The lowest BCUT2D eigenvalue weighted by molar-refractivity contribution is 0.102. The zero-order valence-corrected chi connectivity index (χ0v) is 12.6. The van der Waals surface area contributed by atoms with Gasteiger partial charge in [0.25, 0.3) is 5.91 Å². The molecule has 0 fully saturated rings. The molecule has 2 rings (SSSR count). The lowest BCUT2D eigenvalue weighted by atomic mass is 10.1. The third-order valence-corrected chi connectivity index (χ3v) is 3.78. The van der Waals surface area contributed by atoms with Crippen LogP contribution in [0.4, 0.5) is 5.69 Å². The van der Waals surface area contributed by atoms with Crippen LogP contribution in [-0.4, -0.2) is 5.91 Å². The first-order valence-electron chi connectivity index (χ1n) is 6.13. The van der Waals surface area contributed by atoms with Gasteiger partial charge in [0.2, 0.25) is 0 Å². The Labute approximate surface area is 122 Å². The van der Waals surface area contributed by atoms with Gasteiger partial charge in [-0.05, 0) is 54.8 Å². The van der Waals surface area contributed by atoms with E-state index in [-0.39, 0.29) is 5.91 Å². The van der Waals surface area contributed by atoms with Crippen LogP contribution in [0.5, 0.6) is 0 Å². The van der Waals surface area contributed by atoms with Crippen LogP contribution < -0.4 is 5.32 Å². The average Bonchev–Trinajstić information content (AvgIpc) is 2.43. The lowest BCUT2D eigenvalue weighted by Crippen LogP contribution is -2.11. The molecule has 0 aromatic heterocycles. The first kappa shape index (κ1) is 13.8. The van der Waals surface area contributed by atoms with E-state index in [0.29, 0.717) is 5.56 Å². The van der Waals surface area contributed by atoms with Crippen molar-refractivity contribution in [2.45, 2.75) is 19.2 Å². The zero-order valence-electron chi connectivity index (χ0n) is 11.0. The number of alkyl halides is 1. The molecule has 2 aromatic carbocycles. The molecule has 0 atom stereocenters. The van der Waals surface area contributed by atoms with Crippen LogP contribution in [0.15, 0.2) is 42.5 Å². The largest absolute Gasteiger partial charge is 0.322 e. The van der Waals surface area contributed by atoms with Gasteiger partial charge in [-0.25, -0.2) is 0 Å². The van der Waals surface area contributed by atoms with E-state index in [1.165, 1.54) is 11.1 Å². The van der Waals surface area contributed by atoms with Crippen LogP contribution in [0.3, 0.4) is 0 Å². The molecule has 0 bridgehead atoms. The smallest absolute Gasteiger partial charge is 0.255 e. The summed E-state index contributed by atoms with van der Waals surface area (Å²) in [7, 11) is 0. The molecule has 0 spiro atoms. The van der Waals surface area contributed by atoms with Crippen molar-refractivity contribution in [2.24, 2.45) is 0 Å². The van der Waals surface area contributed by atoms with Gasteiger partial charge in [-0.3, -0.25) is 4.79 Å². The number of hydrogen-bond acceptors (Lipinski definition) is 1. The Morgan fingerprint density at radius 2 is 1.74 bits per heavy atom. The van der Waals surface area contributed by atoms with Crippen LogP contribution in [0.1, 0.15) is 27.0 Å². The number of anilines is 1. The van der Waals surface area contributed by atoms with E-state index in [9.17, 15) is 4.79 Å². The predicted octanol–water partition coefficient (Wildman–Crippen LogP) is 4.45. The molecule has 0 aliphatic heterocycles. The Hall–Kier alpha value is -1.61. The van der Waals surface area contributed by atoms with Gasteiger partial charge >= 0.3 is 0 Å². The first-order valence-corrected chi connectivity index (χ1v) is 7.26. The van der Waals surface area contributed by atoms with Crippen molar-refractivity contribution in [2.75, 3.05) is 5.32 Å². The molecule has 2 aromatic rings. The molecule has 98 valence electrons. The van der Waals surface area contributed by atoms with Crippen LogP contribution in [0, 0.1) is 13.8 Å². The molecule has 0 saturated heterocycles. The van der Waals surface area contributed by atoms with Crippen LogP contribution in [0.25, 0.3) is 0 Å². The summed E-state index contributed by atoms with van der Waals surface area (Å²) in [4.78, 5) is 12.1. The molecule has 0 saturated carbocycles. The van der Waals surface area contributed by atoms with Crippen molar-refractivity contribution >= 4 is 27.5 Å². The number of carbonyl (C=O) groups is 1. The quantitative estimate of drug-likeness (QED) is 0.832. The number of hydrogen-bond donors (Lipinski definition) is 1. The Morgan fingerprint density at radius 3 is 2.32 bits per heavy atom. The van der Waals surface area contributed by atoms with Crippen molar-refractivity contribution in [1.29, 1.82) is 0 Å². The summed E-state index contributed by atoms with van der Waals surface area (Å²) in [5, 5.41) is 3.71. The minimum absolute atomic E-state index is 0.0793. The fourth-order valence-electron chi connectivity index (χ4n) is 1.77. The molecular formula is C16H16BrNO. The van der Waals surface area contributed by atoms with E-state index in [0.717, 1.165) is 16.6 Å². The zero-order chi connectivity index (χ0) is 13.8. The molecule has 19 heavy (non-hydrogen) atoms. The highest BCUT2D eigenvalue weighted by atomic mass is 79.9. The highest BCUT2D eigenvalue weighted by Crippen LogP contribution is 2.15. The average molecular weight is 318 g/mol. The summed E-state index contributed by atoms with van der Waals surface area (Å²) in [5.74, 6) is -0.0793. The third-order valence-electron chi connectivity index (χ3n) is 3.14. The fourth-order valence-corrected chi connectivity index (χ4v) is 2.14. The highest BCUT2D eigenvalue weighted by molar-refractivity contribution is 9.08. The summed E-state index contributed by atoms with van der Waals surface area (Å²) in [6.07, 6.45) is 0. The van der Waals surface area contributed by atoms with Gasteiger partial charge in [-0.2, -0.15) is 0 Å². The Balaban J connectivity index is 2.13. The normalized spacial score (nSPS) is 10.3. The molecule has 0 heterocycles. The Bertz CT molecular complexity index is 590. The lowest BCUT2D eigenvalue weighted by Gasteiger charge is -2.08. The Kier molecular flexibility index (Phi) is 4.38. The molecule has 0 aliphatic carbocycles. The highest BCUT2D eigenvalue weighted by Gasteiger charge is 2.06. The fraction of sp³-hybridized carbons (Fsp3) is 0.188. The molecule has 3 heteroatoms. The standard InChI is InChI=1S/C16H16BrNO/c1-11-3-8-15(9-12(11)2)18-16(19)14-6-4-13(10-17)5-7-14/h3-9H,10H2,1-2H3,(H,18,19). The van der Waals surface area contributed by atoms with Crippen molar-refractivity contribution in [3.05, 3.63) is 64.7 Å². The van der Waals surface area contributed by atoms with Gasteiger partial charge in [-0.1, -0.05) is 34.1 Å². The maximum absolute atomic E-state index is 12.1. The third kappa shape index (κ3) is 3.44. The van der Waals surface area contributed by atoms with Crippen molar-refractivity contribution in [3.63, 3.8) is 0 Å². The predicted molar refractivity (Wildman–Crippen MR) is 82.9 cm³/mol. The first-order chi connectivity index (χ1) is 9.10. The van der Waals surface area contributed by atoms with Crippen LogP contribution in [-0.2, 0) is 5.33 Å². The second kappa shape index (κ2) is 6.02. The second-order valence-electron chi connectivity index (χ2n) is 4.58. The number of benzene rings is 2. The summed E-state index contributed by atoms with van der Waals surface area (Å²) >= 11 is 3.39. The molecule has 1 N–H and O–H groups in total. The summed E-state index contributed by atoms with van der Waals surface area (Å²) in [6.45, 7) is 4.09. The summed E-state index contributed by atoms with van der Waals surface area (Å²) in [5.41, 5.74) is 5.05. The monoisotopic (exact) mass is 317 g/mol. The van der Waals surface area contributed by atoms with E-state index in [2.05, 4.69) is 28.2 Å². The molecule has 0 radical (unpaired) electrons. The minimum Gasteiger partial charge on any atom is -0.322 e. The minimum atomic E-state index is -0.0793. The number of rotatable bonds is 3. The summed E-state index contributed by atoms with van der Waals surface area (Å²) < 4.78 is 0. The molecule has 0 aliphatic rings. The topological polar surface area (TPSA) is 29.1 Å². The van der Waals surface area contributed by atoms with Gasteiger partial charge in [-0.15, -0.1) is 0 Å². The van der Waals surface area contributed by atoms with Gasteiger partial charge < -0.3 is 5.32 Å². The van der Waals surface area contributed by atoms with Gasteiger partial charge in [0.05, 0.1) is 0 Å². The van der Waals surface area contributed by atoms with Crippen molar-refractivity contribution in [1.82, 2.24) is 0 Å². The molecule has 1 amide bonds. The van der Waals surface area contributed by atoms with E-state index >= 15 is 0 Å². The second-order valence-corrected chi connectivity index (χ2v) is 5.14. The number of aryl methyl sites for hydroxylation is 2. The molecule has 2 nitrogen and oxygen atoms in total. The Morgan fingerprint density at radius 1 is 1.05 bits per heavy atom. The van der Waals surface area contributed by atoms with E-state index in [1.54, 1.807) is 0 Å². The van der Waals surface area contributed by atoms with E-state index in [4.69, 9.17) is 0 Å². The molecule has 0 unspecified atom stereocenters. The number of amides is 1. The number of nitrogens with one attached hydrogen (secondary N) is 1. The van der Waals surface area contributed by atoms with Gasteiger partial charge in [0, 0.05) is 16.6 Å².